The molecule has 0 saturated carbocycles. The molecule has 92 valence electrons. The fraction of sp³-hybridized carbons (Fsp3) is 0.400. The monoisotopic (exact) mass is 271 g/mol. The van der Waals surface area contributed by atoms with E-state index in [2.05, 4.69) is 15.3 Å². The summed E-state index contributed by atoms with van der Waals surface area (Å²) >= 11 is 3.00. The molecule has 0 aliphatic heterocycles. The van der Waals surface area contributed by atoms with Crippen LogP contribution in [0, 0.1) is 6.92 Å². The number of thiazole rings is 2. The van der Waals surface area contributed by atoms with Crippen molar-refractivity contribution < 1.29 is 9.84 Å². The molecule has 2 rings (SSSR count). The predicted molar refractivity (Wildman–Crippen MR) is 70.1 cm³/mol. The van der Waals surface area contributed by atoms with Crippen LogP contribution in [0.15, 0.2) is 5.38 Å². The predicted octanol–water partition coefficient (Wildman–Crippen LogP) is 1.99. The molecule has 0 radical (unpaired) electrons. The van der Waals surface area contributed by atoms with Gasteiger partial charge in [0.05, 0.1) is 22.9 Å². The molecule has 2 heterocycles. The van der Waals surface area contributed by atoms with Crippen LogP contribution in [0.1, 0.15) is 5.69 Å². The molecule has 7 heteroatoms. The van der Waals surface area contributed by atoms with Gasteiger partial charge in [-0.15, -0.1) is 11.3 Å². The Labute approximate surface area is 107 Å². The summed E-state index contributed by atoms with van der Waals surface area (Å²) in [5.74, 6) is 0. The van der Waals surface area contributed by atoms with Crippen molar-refractivity contribution in [3.8, 4) is 15.8 Å². The average molecular weight is 271 g/mol. The summed E-state index contributed by atoms with van der Waals surface area (Å²) in [6.07, 6.45) is 0. The lowest BCUT2D eigenvalue weighted by Gasteiger charge is -1.95. The number of hydrogen-bond donors (Lipinski definition) is 2. The largest absolute Gasteiger partial charge is 0.468 e. The normalized spacial score (nSPS) is 10.5. The van der Waals surface area contributed by atoms with Gasteiger partial charge in [-0.1, -0.05) is 11.3 Å². The fourth-order valence-corrected chi connectivity index (χ4v) is 2.94. The van der Waals surface area contributed by atoms with Crippen molar-refractivity contribution >= 4 is 27.8 Å². The Morgan fingerprint density at radius 1 is 1.47 bits per heavy atom. The molecule has 5 nitrogen and oxygen atoms in total. The minimum absolute atomic E-state index is 0.00539. The van der Waals surface area contributed by atoms with E-state index in [4.69, 9.17) is 9.84 Å². The van der Waals surface area contributed by atoms with Crippen LogP contribution in [-0.4, -0.2) is 35.3 Å². The van der Waals surface area contributed by atoms with Gasteiger partial charge >= 0.3 is 0 Å². The second kappa shape index (κ2) is 5.44. The second-order valence-electron chi connectivity index (χ2n) is 3.25. The summed E-state index contributed by atoms with van der Waals surface area (Å²) in [4.78, 5) is 9.73. The van der Waals surface area contributed by atoms with Gasteiger partial charge in [0.2, 0.25) is 0 Å². The van der Waals surface area contributed by atoms with Crippen LogP contribution >= 0.6 is 22.7 Å². The van der Waals surface area contributed by atoms with Crippen LogP contribution in [0.3, 0.4) is 0 Å². The van der Waals surface area contributed by atoms with E-state index in [0.717, 1.165) is 21.4 Å². The Morgan fingerprint density at radius 2 is 2.29 bits per heavy atom. The molecule has 0 spiro atoms. The van der Waals surface area contributed by atoms with E-state index < -0.39 is 0 Å². The van der Waals surface area contributed by atoms with Crippen molar-refractivity contribution in [2.75, 3.05) is 25.6 Å². The minimum atomic E-state index is -0.00539. The van der Waals surface area contributed by atoms with Gasteiger partial charge in [-0.25, -0.2) is 9.97 Å². The third-order valence-electron chi connectivity index (χ3n) is 2.04. The molecule has 0 fully saturated rings. The molecule has 0 aliphatic carbocycles. The highest BCUT2D eigenvalue weighted by Crippen LogP contribution is 2.35. The van der Waals surface area contributed by atoms with Crippen molar-refractivity contribution in [1.82, 2.24) is 9.97 Å². The van der Waals surface area contributed by atoms with Crippen LogP contribution in [0.5, 0.6) is 5.19 Å². The standard InChI is InChI=1S/C10H13N3O2S2/c1-6-8(7-5-16-9(11-2)13-7)17-10(12-6)15-4-3-14/h5,14H,3-4H2,1-2H3,(H,11,13). The number of aliphatic hydroxyl groups is 1. The van der Waals surface area contributed by atoms with Gasteiger partial charge < -0.3 is 15.2 Å². The van der Waals surface area contributed by atoms with Crippen molar-refractivity contribution in [3.63, 3.8) is 0 Å². The van der Waals surface area contributed by atoms with E-state index in [9.17, 15) is 0 Å². The number of aryl methyl sites for hydroxylation is 1. The Kier molecular flexibility index (Phi) is 3.93. The van der Waals surface area contributed by atoms with Crippen molar-refractivity contribution in [2.24, 2.45) is 0 Å². The molecule has 0 aliphatic rings. The molecular weight excluding hydrogens is 258 g/mol. The summed E-state index contributed by atoms with van der Waals surface area (Å²) in [5, 5.41) is 15.1. The van der Waals surface area contributed by atoms with Crippen molar-refractivity contribution in [3.05, 3.63) is 11.1 Å². The first-order chi connectivity index (χ1) is 8.24. The van der Waals surface area contributed by atoms with Gasteiger partial charge in [-0.2, -0.15) is 0 Å². The molecule has 0 bridgehead atoms. The quantitative estimate of drug-likeness (QED) is 0.870. The molecule has 17 heavy (non-hydrogen) atoms. The zero-order valence-corrected chi connectivity index (χ0v) is 11.2. The Bertz CT molecular complexity index is 495. The Balaban J connectivity index is 2.22. The van der Waals surface area contributed by atoms with Gasteiger partial charge in [0.15, 0.2) is 5.13 Å². The lowest BCUT2D eigenvalue weighted by Crippen LogP contribution is -2.00. The molecule has 0 amide bonds. The molecule has 2 N–H and O–H groups in total. The second-order valence-corrected chi connectivity index (χ2v) is 5.07. The van der Waals surface area contributed by atoms with E-state index in [1.54, 1.807) is 11.3 Å². The first-order valence-electron chi connectivity index (χ1n) is 5.09. The SMILES string of the molecule is CNc1nc(-c2sc(OCCO)nc2C)cs1. The topological polar surface area (TPSA) is 67.3 Å². The van der Waals surface area contributed by atoms with Gasteiger partial charge in [-0.05, 0) is 6.92 Å². The third kappa shape index (κ3) is 2.74. The Morgan fingerprint density at radius 3 is 2.94 bits per heavy atom. The van der Waals surface area contributed by atoms with E-state index in [1.807, 2.05) is 19.4 Å². The number of aliphatic hydroxyl groups excluding tert-OH is 1. The van der Waals surface area contributed by atoms with Crippen LogP contribution in [0.4, 0.5) is 5.13 Å². The maximum Gasteiger partial charge on any atom is 0.274 e. The summed E-state index contributed by atoms with van der Waals surface area (Å²) in [6.45, 7) is 2.19. The smallest absolute Gasteiger partial charge is 0.274 e. The number of hydrogen-bond acceptors (Lipinski definition) is 7. The molecule has 0 unspecified atom stereocenters. The van der Waals surface area contributed by atoms with E-state index in [-0.39, 0.29) is 13.2 Å². The van der Waals surface area contributed by atoms with Gasteiger partial charge in [0.1, 0.15) is 6.61 Å². The van der Waals surface area contributed by atoms with Gasteiger partial charge in [0, 0.05) is 12.4 Å². The fourth-order valence-electron chi connectivity index (χ4n) is 1.30. The minimum Gasteiger partial charge on any atom is -0.468 e. The number of rotatable bonds is 5. The van der Waals surface area contributed by atoms with Gasteiger partial charge in [-0.3, -0.25) is 0 Å². The number of nitrogens with one attached hydrogen (secondary N) is 1. The summed E-state index contributed by atoms with van der Waals surface area (Å²) in [7, 11) is 1.85. The summed E-state index contributed by atoms with van der Waals surface area (Å²) in [6, 6.07) is 0. The maximum absolute atomic E-state index is 8.69. The van der Waals surface area contributed by atoms with E-state index in [1.165, 1.54) is 11.3 Å². The highest BCUT2D eigenvalue weighted by molar-refractivity contribution is 7.18. The van der Waals surface area contributed by atoms with E-state index >= 15 is 0 Å². The molecule has 0 atom stereocenters. The molecule has 2 aromatic rings. The van der Waals surface area contributed by atoms with Crippen LogP contribution in [-0.2, 0) is 0 Å². The lowest BCUT2D eigenvalue weighted by atomic mass is 10.3. The molecule has 2 aromatic heterocycles. The van der Waals surface area contributed by atoms with Crippen LogP contribution in [0.2, 0.25) is 0 Å². The number of aromatic nitrogens is 2. The van der Waals surface area contributed by atoms with Crippen molar-refractivity contribution in [1.29, 1.82) is 0 Å². The zero-order valence-electron chi connectivity index (χ0n) is 9.56. The highest BCUT2D eigenvalue weighted by Gasteiger charge is 2.13. The van der Waals surface area contributed by atoms with Crippen molar-refractivity contribution in [2.45, 2.75) is 6.92 Å². The summed E-state index contributed by atoms with van der Waals surface area (Å²) < 4.78 is 5.29. The number of ether oxygens (including phenoxy) is 1. The first kappa shape index (κ1) is 12.3. The zero-order chi connectivity index (χ0) is 12.3. The number of nitrogens with zero attached hydrogens (tertiary/aromatic N) is 2. The van der Waals surface area contributed by atoms with Gasteiger partial charge in [0.25, 0.3) is 5.19 Å². The Hall–Kier alpha value is -1.18. The maximum atomic E-state index is 8.69. The molecular formula is C10H13N3O2S2. The third-order valence-corrected chi connectivity index (χ3v) is 4.00. The average Bonchev–Trinajstić information content (AvgIpc) is 2.92. The molecule has 0 saturated heterocycles. The highest BCUT2D eigenvalue weighted by atomic mass is 32.1. The lowest BCUT2D eigenvalue weighted by molar-refractivity contribution is 0.201. The number of anilines is 1. The first-order valence-corrected chi connectivity index (χ1v) is 6.79. The van der Waals surface area contributed by atoms with E-state index in [0.29, 0.717) is 5.19 Å². The van der Waals surface area contributed by atoms with Crippen LogP contribution < -0.4 is 10.1 Å². The summed E-state index contributed by atoms with van der Waals surface area (Å²) in [5.41, 5.74) is 1.81. The van der Waals surface area contributed by atoms with Crippen LogP contribution in [0.25, 0.3) is 10.6 Å². The molecule has 0 aromatic carbocycles.